The summed E-state index contributed by atoms with van der Waals surface area (Å²) in [4.78, 5) is 24.0. The van der Waals surface area contributed by atoms with Gasteiger partial charge in [0, 0.05) is 18.0 Å². The standard InChI is InChI=1S/C26H27NO3/c1-26(2,3)22-15-13-20(14-16-22)23(17-24(28)29)27-25(30)21-11-9-19(10-12-21)18-7-5-4-6-8-18/h4-16,23H,17H2,1-3H3,(H,27,30)(H,28,29)/p-1/t23-/m1/s1. The van der Waals surface area contributed by atoms with Gasteiger partial charge in [0.25, 0.3) is 5.91 Å². The summed E-state index contributed by atoms with van der Waals surface area (Å²) in [6.45, 7) is 6.34. The number of amides is 1. The Morgan fingerprint density at radius 3 is 1.93 bits per heavy atom. The molecule has 0 aliphatic carbocycles. The molecule has 0 unspecified atom stereocenters. The van der Waals surface area contributed by atoms with Gasteiger partial charge in [0.1, 0.15) is 0 Å². The summed E-state index contributed by atoms with van der Waals surface area (Å²) >= 11 is 0. The van der Waals surface area contributed by atoms with Crippen molar-refractivity contribution in [2.45, 2.75) is 38.6 Å². The summed E-state index contributed by atoms with van der Waals surface area (Å²) in [6.07, 6.45) is -0.289. The molecule has 0 spiro atoms. The van der Waals surface area contributed by atoms with Crippen LogP contribution in [0.5, 0.6) is 0 Å². The lowest BCUT2D eigenvalue weighted by atomic mass is 9.86. The van der Waals surface area contributed by atoms with Gasteiger partial charge >= 0.3 is 0 Å². The highest BCUT2D eigenvalue weighted by Gasteiger charge is 2.18. The summed E-state index contributed by atoms with van der Waals surface area (Å²) in [5.74, 6) is -1.53. The fraction of sp³-hybridized carbons (Fsp3) is 0.231. The molecule has 0 aliphatic heterocycles. The molecule has 30 heavy (non-hydrogen) atoms. The highest BCUT2D eigenvalue weighted by Crippen LogP contribution is 2.25. The molecule has 0 bridgehead atoms. The average Bonchev–Trinajstić information content (AvgIpc) is 2.73. The second-order valence-electron chi connectivity index (χ2n) is 8.42. The zero-order valence-corrected chi connectivity index (χ0v) is 17.5. The van der Waals surface area contributed by atoms with Gasteiger partial charge in [-0.05, 0) is 39.8 Å². The first-order valence-corrected chi connectivity index (χ1v) is 10.0. The zero-order chi connectivity index (χ0) is 21.7. The van der Waals surface area contributed by atoms with E-state index in [1.807, 2.05) is 66.7 Å². The second-order valence-corrected chi connectivity index (χ2v) is 8.42. The van der Waals surface area contributed by atoms with Crippen LogP contribution in [-0.4, -0.2) is 11.9 Å². The van der Waals surface area contributed by atoms with Crippen molar-refractivity contribution >= 4 is 11.9 Å². The average molecular weight is 400 g/mol. The SMILES string of the molecule is CC(C)(C)c1ccc([C@@H](CC(=O)[O-])NC(=O)c2ccc(-c3ccccc3)cc2)cc1. The molecular formula is C26H26NO3-. The van der Waals surface area contributed by atoms with Crippen molar-refractivity contribution in [3.8, 4) is 11.1 Å². The van der Waals surface area contributed by atoms with E-state index in [1.54, 1.807) is 12.1 Å². The van der Waals surface area contributed by atoms with E-state index >= 15 is 0 Å². The summed E-state index contributed by atoms with van der Waals surface area (Å²) in [5.41, 5.74) is 4.42. The third-order valence-electron chi connectivity index (χ3n) is 5.11. The predicted octanol–water partition coefficient (Wildman–Crippen LogP) is 4.26. The maximum atomic E-state index is 12.8. The van der Waals surface area contributed by atoms with Crippen molar-refractivity contribution in [1.82, 2.24) is 5.32 Å². The first-order valence-electron chi connectivity index (χ1n) is 10.0. The van der Waals surface area contributed by atoms with Crippen LogP contribution in [0.15, 0.2) is 78.9 Å². The summed E-state index contributed by atoms with van der Waals surface area (Å²) in [6, 6.07) is 24.2. The first-order chi connectivity index (χ1) is 14.2. The quantitative estimate of drug-likeness (QED) is 0.672. The molecule has 154 valence electrons. The van der Waals surface area contributed by atoms with Crippen molar-refractivity contribution in [3.63, 3.8) is 0 Å². The van der Waals surface area contributed by atoms with Gasteiger partial charge in [-0.25, -0.2) is 0 Å². The Morgan fingerprint density at radius 2 is 1.40 bits per heavy atom. The molecule has 1 amide bonds. The van der Waals surface area contributed by atoms with E-state index in [0.29, 0.717) is 5.56 Å². The smallest absolute Gasteiger partial charge is 0.251 e. The van der Waals surface area contributed by atoms with Crippen LogP contribution in [-0.2, 0) is 10.2 Å². The second kappa shape index (κ2) is 8.95. The number of hydrogen-bond acceptors (Lipinski definition) is 3. The minimum atomic E-state index is -1.21. The Hall–Kier alpha value is -3.40. The maximum Gasteiger partial charge on any atom is 0.251 e. The number of aliphatic carboxylic acids is 1. The molecule has 0 aromatic heterocycles. The number of carboxylic acid groups (broad SMARTS) is 1. The monoisotopic (exact) mass is 400 g/mol. The van der Waals surface area contributed by atoms with E-state index < -0.39 is 12.0 Å². The molecule has 4 nitrogen and oxygen atoms in total. The molecule has 1 N–H and O–H groups in total. The predicted molar refractivity (Wildman–Crippen MR) is 117 cm³/mol. The van der Waals surface area contributed by atoms with Gasteiger partial charge in [-0.2, -0.15) is 0 Å². The van der Waals surface area contributed by atoms with Crippen LogP contribution in [0, 0.1) is 0 Å². The molecule has 0 aliphatic rings. The van der Waals surface area contributed by atoms with E-state index in [-0.39, 0.29) is 17.7 Å². The van der Waals surface area contributed by atoms with Crippen LogP contribution in [0.3, 0.4) is 0 Å². The van der Waals surface area contributed by atoms with E-state index in [2.05, 4.69) is 26.1 Å². The van der Waals surface area contributed by atoms with Gasteiger partial charge in [-0.15, -0.1) is 0 Å². The fourth-order valence-corrected chi connectivity index (χ4v) is 3.32. The molecule has 0 radical (unpaired) electrons. The van der Waals surface area contributed by atoms with Gasteiger partial charge < -0.3 is 15.2 Å². The molecule has 0 saturated carbocycles. The highest BCUT2D eigenvalue weighted by atomic mass is 16.4. The number of carbonyl (C=O) groups is 2. The lowest BCUT2D eigenvalue weighted by Crippen LogP contribution is -2.34. The van der Waals surface area contributed by atoms with Crippen molar-refractivity contribution in [2.75, 3.05) is 0 Å². The molecule has 3 rings (SSSR count). The lowest BCUT2D eigenvalue weighted by Gasteiger charge is -2.23. The number of carbonyl (C=O) groups excluding carboxylic acids is 2. The van der Waals surface area contributed by atoms with Gasteiger partial charge in [-0.1, -0.05) is 87.5 Å². The Bertz CT molecular complexity index is 1000. The minimum Gasteiger partial charge on any atom is -0.550 e. The highest BCUT2D eigenvalue weighted by molar-refractivity contribution is 5.95. The maximum absolute atomic E-state index is 12.8. The van der Waals surface area contributed by atoms with Crippen molar-refractivity contribution in [1.29, 1.82) is 0 Å². The molecule has 3 aromatic rings. The van der Waals surface area contributed by atoms with Crippen molar-refractivity contribution in [3.05, 3.63) is 95.6 Å². The third kappa shape index (κ3) is 5.35. The van der Waals surface area contributed by atoms with Crippen LogP contribution >= 0.6 is 0 Å². The minimum absolute atomic E-state index is 0.00781. The van der Waals surface area contributed by atoms with Gasteiger partial charge in [-0.3, -0.25) is 4.79 Å². The molecule has 0 heterocycles. The summed E-state index contributed by atoms with van der Waals surface area (Å²) < 4.78 is 0. The van der Waals surface area contributed by atoms with Crippen molar-refractivity contribution < 1.29 is 14.7 Å². The fourth-order valence-electron chi connectivity index (χ4n) is 3.32. The number of carboxylic acids is 1. The van der Waals surface area contributed by atoms with Crippen molar-refractivity contribution in [2.24, 2.45) is 0 Å². The Kier molecular flexibility index (Phi) is 6.36. The van der Waals surface area contributed by atoms with Crippen LogP contribution in [0.4, 0.5) is 0 Å². The van der Waals surface area contributed by atoms with E-state index in [9.17, 15) is 14.7 Å². The molecule has 1 atom stereocenters. The number of hydrogen-bond donors (Lipinski definition) is 1. The summed E-state index contributed by atoms with van der Waals surface area (Å²) in [5, 5.41) is 14.1. The zero-order valence-electron chi connectivity index (χ0n) is 17.5. The Balaban J connectivity index is 1.77. The molecule has 3 aromatic carbocycles. The Morgan fingerprint density at radius 1 is 0.833 bits per heavy atom. The van der Waals surface area contributed by atoms with Gasteiger partial charge in [0.2, 0.25) is 0 Å². The topological polar surface area (TPSA) is 69.2 Å². The molecular weight excluding hydrogens is 374 g/mol. The van der Waals surface area contributed by atoms with E-state index in [4.69, 9.17) is 0 Å². The number of benzene rings is 3. The molecule has 0 fully saturated rings. The molecule has 0 saturated heterocycles. The Labute approximate surface area is 177 Å². The number of rotatable bonds is 6. The normalized spacial score (nSPS) is 12.2. The van der Waals surface area contributed by atoms with Gasteiger partial charge in [0.05, 0.1) is 6.04 Å². The van der Waals surface area contributed by atoms with Crippen LogP contribution in [0.2, 0.25) is 0 Å². The van der Waals surface area contributed by atoms with E-state index in [0.717, 1.165) is 22.3 Å². The van der Waals surface area contributed by atoms with Gasteiger partial charge in [0.15, 0.2) is 0 Å². The lowest BCUT2D eigenvalue weighted by molar-refractivity contribution is -0.306. The largest absolute Gasteiger partial charge is 0.550 e. The first kappa shape index (κ1) is 21.3. The van der Waals surface area contributed by atoms with Crippen LogP contribution in [0.25, 0.3) is 11.1 Å². The number of nitrogens with one attached hydrogen (secondary N) is 1. The van der Waals surface area contributed by atoms with Crippen LogP contribution in [0.1, 0.15) is 54.7 Å². The van der Waals surface area contributed by atoms with Crippen LogP contribution < -0.4 is 10.4 Å². The summed E-state index contributed by atoms with van der Waals surface area (Å²) in [7, 11) is 0. The van der Waals surface area contributed by atoms with E-state index in [1.165, 1.54) is 0 Å². The molecule has 4 heteroatoms. The third-order valence-corrected chi connectivity index (χ3v) is 5.11.